The van der Waals surface area contributed by atoms with Crippen molar-refractivity contribution in [2.75, 3.05) is 38.6 Å². The Bertz CT molecular complexity index is 1070. The molecule has 2 aromatic rings. The second kappa shape index (κ2) is 11.1. The zero-order valence-electron chi connectivity index (χ0n) is 19.4. The van der Waals surface area contributed by atoms with E-state index in [1.54, 1.807) is 36.2 Å². The van der Waals surface area contributed by atoms with Crippen LogP contribution in [0.5, 0.6) is 5.75 Å². The minimum atomic E-state index is -3.65. The maximum absolute atomic E-state index is 14.1. The molecule has 0 radical (unpaired) electrons. The van der Waals surface area contributed by atoms with E-state index < -0.39 is 10.0 Å². The van der Waals surface area contributed by atoms with Gasteiger partial charge in [0, 0.05) is 24.7 Å². The first-order valence-electron chi connectivity index (χ1n) is 11.3. The fraction of sp³-hybridized carbons (Fsp3) is 0.458. The molecule has 1 aliphatic heterocycles. The molecule has 1 amide bonds. The highest BCUT2D eigenvalue weighted by molar-refractivity contribution is 7.89. The first-order chi connectivity index (χ1) is 15.7. The van der Waals surface area contributed by atoms with Crippen LogP contribution in [0, 0.1) is 5.82 Å². The summed E-state index contributed by atoms with van der Waals surface area (Å²) in [5.41, 5.74) is 0.796. The molecule has 0 bridgehead atoms. The molecule has 180 valence electrons. The Morgan fingerprint density at radius 3 is 2.55 bits per heavy atom. The zero-order valence-corrected chi connectivity index (χ0v) is 20.2. The van der Waals surface area contributed by atoms with Crippen molar-refractivity contribution in [3.63, 3.8) is 0 Å². The molecule has 0 aliphatic carbocycles. The highest BCUT2D eigenvalue weighted by Crippen LogP contribution is 2.30. The summed E-state index contributed by atoms with van der Waals surface area (Å²) in [7, 11) is -1.92. The van der Waals surface area contributed by atoms with E-state index >= 15 is 0 Å². The molecule has 1 heterocycles. The van der Waals surface area contributed by atoms with Crippen LogP contribution in [0.3, 0.4) is 0 Å². The van der Waals surface area contributed by atoms with Gasteiger partial charge >= 0.3 is 0 Å². The van der Waals surface area contributed by atoms with Crippen LogP contribution in [-0.4, -0.2) is 56.8 Å². The average molecular weight is 478 g/mol. The van der Waals surface area contributed by atoms with Crippen molar-refractivity contribution in [1.82, 2.24) is 9.21 Å². The highest BCUT2D eigenvalue weighted by Gasteiger charge is 2.27. The van der Waals surface area contributed by atoms with Crippen LogP contribution in [0.25, 0.3) is 0 Å². The van der Waals surface area contributed by atoms with E-state index in [9.17, 15) is 17.6 Å². The number of benzene rings is 2. The molecule has 1 atom stereocenters. The summed E-state index contributed by atoms with van der Waals surface area (Å²) in [5.74, 6) is -0.283. The maximum Gasteiger partial charge on any atom is 0.243 e. The van der Waals surface area contributed by atoms with Crippen molar-refractivity contribution in [2.45, 2.75) is 44.0 Å². The molecule has 33 heavy (non-hydrogen) atoms. The van der Waals surface area contributed by atoms with E-state index in [1.807, 2.05) is 13.8 Å². The number of carbonyl (C=O) groups is 1. The third kappa shape index (κ3) is 6.10. The molecule has 1 fully saturated rings. The fourth-order valence-corrected chi connectivity index (χ4v) is 5.45. The molecule has 2 aromatic carbocycles. The van der Waals surface area contributed by atoms with E-state index in [-0.39, 0.29) is 29.2 Å². The van der Waals surface area contributed by atoms with Crippen molar-refractivity contribution >= 4 is 21.6 Å². The Labute approximate surface area is 195 Å². The number of sulfonamides is 1. The van der Waals surface area contributed by atoms with Gasteiger partial charge in [0.1, 0.15) is 11.6 Å². The SMILES string of the molecule is CCOc1ccc(S(=O)(=O)N2CCCCC2)cc1NC(=O)CN(C)C(C)c1ccccc1F. The predicted molar refractivity (Wildman–Crippen MR) is 126 cm³/mol. The number of amides is 1. The molecule has 7 nitrogen and oxygen atoms in total. The summed E-state index contributed by atoms with van der Waals surface area (Å²) >= 11 is 0. The van der Waals surface area contributed by atoms with Gasteiger partial charge in [0.15, 0.2) is 0 Å². The van der Waals surface area contributed by atoms with Crippen molar-refractivity contribution in [3.8, 4) is 5.75 Å². The van der Waals surface area contributed by atoms with Crippen LogP contribution >= 0.6 is 0 Å². The van der Waals surface area contributed by atoms with E-state index in [0.717, 1.165) is 19.3 Å². The summed E-state index contributed by atoms with van der Waals surface area (Å²) in [6.45, 7) is 4.98. The fourth-order valence-electron chi connectivity index (χ4n) is 3.91. The largest absolute Gasteiger partial charge is 0.492 e. The van der Waals surface area contributed by atoms with Gasteiger partial charge in [0.25, 0.3) is 0 Å². The minimum absolute atomic E-state index is 0.00975. The van der Waals surface area contributed by atoms with Gasteiger partial charge in [-0.3, -0.25) is 9.69 Å². The Kier molecular flexibility index (Phi) is 8.45. The Hall–Kier alpha value is -2.49. The maximum atomic E-state index is 14.1. The van der Waals surface area contributed by atoms with Gasteiger partial charge < -0.3 is 10.1 Å². The smallest absolute Gasteiger partial charge is 0.243 e. The number of halogens is 1. The molecular formula is C24H32FN3O4S. The number of ether oxygens (including phenoxy) is 1. The van der Waals surface area contributed by atoms with Gasteiger partial charge in [-0.25, -0.2) is 12.8 Å². The Balaban J connectivity index is 1.77. The summed E-state index contributed by atoms with van der Waals surface area (Å²) in [6.07, 6.45) is 2.70. The normalized spacial score (nSPS) is 15.9. The number of hydrogen-bond donors (Lipinski definition) is 1. The first-order valence-corrected chi connectivity index (χ1v) is 12.7. The average Bonchev–Trinajstić information content (AvgIpc) is 2.80. The molecule has 1 saturated heterocycles. The number of nitrogens with one attached hydrogen (secondary N) is 1. The molecule has 1 aliphatic rings. The highest BCUT2D eigenvalue weighted by atomic mass is 32.2. The van der Waals surface area contributed by atoms with Crippen molar-refractivity contribution < 1.29 is 22.3 Å². The monoisotopic (exact) mass is 477 g/mol. The van der Waals surface area contributed by atoms with Crippen LogP contribution in [-0.2, 0) is 14.8 Å². The third-order valence-electron chi connectivity index (χ3n) is 5.89. The summed E-state index contributed by atoms with van der Waals surface area (Å²) in [4.78, 5) is 14.6. The third-order valence-corrected chi connectivity index (χ3v) is 7.78. The van der Waals surface area contributed by atoms with Gasteiger partial charge in [0.05, 0.1) is 23.7 Å². The molecule has 1 unspecified atom stereocenters. The molecule has 1 N–H and O–H groups in total. The van der Waals surface area contributed by atoms with Gasteiger partial charge in [-0.2, -0.15) is 4.31 Å². The number of carbonyl (C=O) groups excluding carboxylic acids is 1. The van der Waals surface area contributed by atoms with E-state index in [4.69, 9.17) is 4.74 Å². The van der Waals surface area contributed by atoms with E-state index in [1.165, 1.54) is 22.5 Å². The standard InChI is InChI=1S/C24H32FN3O4S/c1-4-32-23-13-12-19(33(30,31)28-14-8-5-9-15-28)16-22(23)26-24(29)17-27(3)18(2)20-10-6-7-11-21(20)25/h6-7,10-13,16,18H,4-5,8-9,14-15,17H2,1-3H3,(H,26,29). The zero-order chi connectivity index (χ0) is 24.0. The lowest BCUT2D eigenvalue weighted by Gasteiger charge is -2.26. The quantitative estimate of drug-likeness (QED) is 0.590. The van der Waals surface area contributed by atoms with Crippen molar-refractivity contribution in [3.05, 3.63) is 53.8 Å². The van der Waals surface area contributed by atoms with Crippen LogP contribution in [0.4, 0.5) is 10.1 Å². The van der Waals surface area contributed by atoms with Gasteiger partial charge in [-0.15, -0.1) is 0 Å². The van der Waals surface area contributed by atoms with E-state index in [2.05, 4.69) is 5.32 Å². The Morgan fingerprint density at radius 2 is 1.88 bits per heavy atom. The number of rotatable bonds is 9. The number of hydrogen-bond acceptors (Lipinski definition) is 5. The first kappa shape index (κ1) is 25.1. The van der Waals surface area contributed by atoms with Gasteiger partial charge in [-0.05, 0) is 58.0 Å². The second-order valence-corrected chi connectivity index (χ2v) is 10.2. The molecule has 0 aromatic heterocycles. The summed E-state index contributed by atoms with van der Waals surface area (Å²) < 4.78 is 47.4. The molecule has 9 heteroatoms. The molecular weight excluding hydrogens is 445 g/mol. The van der Waals surface area contributed by atoms with E-state index in [0.29, 0.717) is 36.7 Å². The topological polar surface area (TPSA) is 79.0 Å². The lowest BCUT2D eigenvalue weighted by Crippen LogP contribution is -2.35. The van der Waals surface area contributed by atoms with Crippen LogP contribution in [0.15, 0.2) is 47.4 Å². The van der Waals surface area contributed by atoms with Gasteiger partial charge in [-0.1, -0.05) is 24.6 Å². The summed E-state index contributed by atoms with van der Waals surface area (Å²) in [6, 6.07) is 10.7. The number of likely N-dealkylation sites (N-methyl/N-ethyl adjacent to an activating group) is 1. The Morgan fingerprint density at radius 1 is 1.18 bits per heavy atom. The minimum Gasteiger partial charge on any atom is -0.492 e. The van der Waals surface area contributed by atoms with Crippen LogP contribution < -0.4 is 10.1 Å². The lowest BCUT2D eigenvalue weighted by molar-refractivity contribution is -0.117. The van der Waals surface area contributed by atoms with Crippen molar-refractivity contribution in [2.24, 2.45) is 0 Å². The number of piperidine rings is 1. The number of nitrogens with zero attached hydrogens (tertiary/aromatic N) is 2. The molecule has 3 rings (SSSR count). The van der Waals surface area contributed by atoms with Gasteiger partial charge in [0.2, 0.25) is 15.9 Å². The lowest BCUT2D eigenvalue weighted by atomic mass is 10.1. The van der Waals surface area contributed by atoms with Crippen LogP contribution in [0.1, 0.15) is 44.7 Å². The number of anilines is 1. The van der Waals surface area contributed by atoms with Crippen LogP contribution in [0.2, 0.25) is 0 Å². The second-order valence-electron chi connectivity index (χ2n) is 8.22. The predicted octanol–water partition coefficient (Wildman–Crippen LogP) is 4.03. The molecule has 0 saturated carbocycles. The summed E-state index contributed by atoms with van der Waals surface area (Å²) in [5, 5.41) is 2.78. The molecule has 0 spiro atoms. The van der Waals surface area contributed by atoms with Crippen molar-refractivity contribution in [1.29, 1.82) is 0 Å².